The lowest BCUT2D eigenvalue weighted by atomic mass is 9.92. The van der Waals surface area contributed by atoms with Gasteiger partial charge in [-0.05, 0) is 46.5 Å². The number of hydrogen-bond acceptors (Lipinski definition) is 3. The second-order valence-corrected chi connectivity index (χ2v) is 6.64. The number of aryl methyl sites for hydroxylation is 1. The fourth-order valence-electron chi connectivity index (χ4n) is 2.70. The lowest BCUT2D eigenvalue weighted by molar-refractivity contribution is 0.0954. The third-order valence-corrected chi connectivity index (χ3v) is 4.65. The summed E-state index contributed by atoms with van der Waals surface area (Å²) in [6.45, 7) is 0. The Bertz CT molecular complexity index is 774. The number of benzene rings is 2. The smallest absolute Gasteiger partial charge is 0.197 e. The van der Waals surface area contributed by atoms with Crippen molar-refractivity contribution in [1.29, 1.82) is 0 Å². The third kappa shape index (κ3) is 3.28. The third-order valence-electron chi connectivity index (χ3n) is 3.84. The van der Waals surface area contributed by atoms with Gasteiger partial charge in [0, 0.05) is 11.2 Å². The molecule has 1 aliphatic rings. The molecule has 1 aliphatic heterocycles. The number of rotatable bonds is 3. The second-order valence-electron chi connectivity index (χ2n) is 5.35. The predicted octanol–water partition coefficient (Wildman–Crippen LogP) is 4.52. The van der Waals surface area contributed by atoms with Gasteiger partial charge in [0.15, 0.2) is 5.78 Å². The Hall–Kier alpha value is -1.78. The Morgan fingerprint density at radius 3 is 2.70 bits per heavy atom. The zero-order valence-electron chi connectivity index (χ0n) is 12.3. The lowest BCUT2D eigenvalue weighted by Crippen LogP contribution is -2.31. The summed E-state index contributed by atoms with van der Waals surface area (Å²) in [5.74, 6) is 0.401. The van der Waals surface area contributed by atoms with Crippen molar-refractivity contribution in [2.75, 3.05) is 0 Å². The summed E-state index contributed by atoms with van der Waals surface area (Å²) in [5, 5.41) is 0.478. The standard InChI is InChI=1S/C18H15BrClNO2/c19-15-9-12(20)8-13-17(22)14(10-21)16(23-18(13)15)7-6-11-4-2-1-3-5-11/h1-5,8-10,16H,6-7,21H2/b14-10-. The number of ketones is 1. The lowest BCUT2D eigenvalue weighted by Gasteiger charge is -2.28. The van der Waals surface area contributed by atoms with Gasteiger partial charge in [-0.15, -0.1) is 0 Å². The minimum absolute atomic E-state index is 0.130. The van der Waals surface area contributed by atoms with E-state index in [1.54, 1.807) is 12.1 Å². The summed E-state index contributed by atoms with van der Waals surface area (Å²) < 4.78 is 6.71. The molecular formula is C18H15BrClNO2. The molecule has 2 N–H and O–H groups in total. The molecule has 0 saturated heterocycles. The second kappa shape index (κ2) is 6.77. The molecule has 0 bridgehead atoms. The maximum Gasteiger partial charge on any atom is 0.197 e. The fourth-order valence-corrected chi connectivity index (χ4v) is 3.60. The minimum atomic E-state index is -0.363. The van der Waals surface area contributed by atoms with Crippen molar-refractivity contribution < 1.29 is 9.53 Å². The monoisotopic (exact) mass is 391 g/mol. The van der Waals surface area contributed by atoms with Crippen LogP contribution in [-0.2, 0) is 6.42 Å². The van der Waals surface area contributed by atoms with Gasteiger partial charge in [0.1, 0.15) is 11.9 Å². The van der Waals surface area contributed by atoms with Gasteiger partial charge >= 0.3 is 0 Å². The van der Waals surface area contributed by atoms with Crippen LogP contribution in [0, 0.1) is 0 Å². The molecule has 1 atom stereocenters. The topological polar surface area (TPSA) is 52.3 Å². The van der Waals surface area contributed by atoms with Gasteiger partial charge in [0.2, 0.25) is 0 Å². The highest BCUT2D eigenvalue weighted by atomic mass is 79.9. The predicted molar refractivity (Wildman–Crippen MR) is 94.9 cm³/mol. The van der Waals surface area contributed by atoms with Gasteiger partial charge in [0.25, 0.3) is 0 Å². The van der Waals surface area contributed by atoms with Crippen LogP contribution in [0.5, 0.6) is 5.75 Å². The van der Waals surface area contributed by atoms with E-state index in [0.717, 1.165) is 6.42 Å². The number of carbonyl (C=O) groups is 1. The molecule has 0 saturated carbocycles. The van der Waals surface area contributed by atoms with Crippen LogP contribution in [-0.4, -0.2) is 11.9 Å². The molecule has 0 spiro atoms. The van der Waals surface area contributed by atoms with E-state index in [2.05, 4.69) is 28.1 Å². The number of nitrogens with two attached hydrogens (primary N) is 1. The first-order chi connectivity index (χ1) is 11.1. The van der Waals surface area contributed by atoms with Crippen LogP contribution in [0.3, 0.4) is 0 Å². The number of Topliss-reactive ketones (excluding diaryl/α,β-unsaturated/α-hetero) is 1. The molecule has 23 heavy (non-hydrogen) atoms. The van der Waals surface area contributed by atoms with E-state index in [-0.39, 0.29) is 11.9 Å². The van der Waals surface area contributed by atoms with Crippen molar-refractivity contribution in [2.24, 2.45) is 5.73 Å². The average Bonchev–Trinajstić information content (AvgIpc) is 2.55. The number of fused-ring (bicyclic) bond motifs is 1. The molecule has 0 amide bonds. The molecule has 1 unspecified atom stereocenters. The summed E-state index contributed by atoms with van der Waals surface area (Å²) in [6.07, 6.45) is 2.46. The number of hydrogen-bond donors (Lipinski definition) is 1. The normalized spacial score (nSPS) is 18.6. The molecule has 2 aromatic carbocycles. The molecule has 2 aromatic rings. The van der Waals surface area contributed by atoms with Crippen molar-refractivity contribution in [3.8, 4) is 5.75 Å². The number of ether oxygens (including phenoxy) is 1. The highest BCUT2D eigenvalue weighted by molar-refractivity contribution is 9.10. The number of halogens is 2. The van der Waals surface area contributed by atoms with Gasteiger partial charge < -0.3 is 10.5 Å². The van der Waals surface area contributed by atoms with Crippen LogP contribution in [0.2, 0.25) is 5.02 Å². The Morgan fingerprint density at radius 2 is 2.00 bits per heavy atom. The minimum Gasteiger partial charge on any atom is -0.484 e. The Morgan fingerprint density at radius 1 is 1.26 bits per heavy atom. The highest BCUT2D eigenvalue weighted by Crippen LogP contribution is 2.39. The zero-order chi connectivity index (χ0) is 16.4. The van der Waals surface area contributed by atoms with Gasteiger partial charge in [0.05, 0.1) is 15.6 Å². The molecule has 0 aromatic heterocycles. The largest absolute Gasteiger partial charge is 0.484 e. The molecule has 0 radical (unpaired) electrons. The van der Waals surface area contributed by atoms with Gasteiger partial charge in [-0.1, -0.05) is 41.9 Å². The van der Waals surface area contributed by atoms with E-state index >= 15 is 0 Å². The molecule has 1 heterocycles. The van der Waals surface area contributed by atoms with Crippen LogP contribution in [0.25, 0.3) is 0 Å². The van der Waals surface area contributed by atoms with Crippen molar-refractivity contribution in [3.05, 3.63) is 74.9 Å². The molecule has 118 valence electrons. The van der Waals surface area contributed by atoms with Crippen molar-refractivity contribution in [2.45, 2.75) is 18.9 Å². The molecular weight excluding hydrogens is 378 g/mol. The molecule has 3 rings (SSSR count). The van der Waals surface area contributed by atoms with Gasteiger partial charge in [-0.2, -0.15) is 0 Å². The fraction of sp³-hybridized carbons (Fsp3) is 0.167. The van der Waals surface area contributed by atoms with Crippen LogP contribution in [0.15, 0.2) is 58.7 Å². The summed E-state index contributed by atoms with van der Waals surface area (Å²) in [6, 6.07) is 13.4. The van der Waals surface area contributed by atoms with E-state index < -0.39 is 0 Å². The number of carbonyl (C=O) groups excluding carboxylic acids is 1. The average molecular weight is 393 g/mol. The van der Waals surface area contributed by atoms with Gasteiger partial charge in [-0.25, -0.2) is 0 Å². The van der Waals surface area contributed by atoms with Gasteiger partial charge in [-0.3, -0.25) is 4.79 Å². The summed E-state index contributed by atoms with van der Waals surface area (Å²) in [4.78, 5) is 12.7. The van der Waals surface area contributed by atoms with E-state index in [4.69, 9.17) is 22.1 Å². The van der Waals surface area contributed by atoms with E-state index in [1.807, 2.05) is 18.2 Å². The van der Waals surface area contributed by atoms with Crippen LogP contribution >= 0.6 is 27.5 Å². The van der Waals surface area contributed by atoms with Crippen molar-refractivity contribution in [3.63, 3.8) is 0 Å². The maximum absolute atomic E-state index is 12.7. The van der Waals surface area contributed by atoms with Crippen LogP contribution in [0.1, 0.15) is 22.3 Å². The Labute approximate surface area is 148 Å². The molecule has 5 heteroatoms. The van der Waals surface area contributed by atoms with E-state index in [9.17, 15) is 4.79 Å². The Balaban J connectivity index is 1.88. The van der Waals surface area contributed by atoms with Crippen molar-refractivity contribution in [1.82, 2.24) is 0 Å². The highest BCUT2D eigenvalue weighted by Gasteiger charge is 2.33. The van der Waals surface area contributed by atoms with E-state index in [1.165, 1.54) is 11.8 Å². The first kappa shape index (κ1) is 16.1. The quantitative estimate of drug-likeness (QED) is 0.781. The zero-order valence-corrected chi connectivity index (χ0v) is 14.6. The SMILES string of the molecule is N/C=C1\C(=O)c2cc(Cl)cc(Br)c2OC1CCc1ccccc1. The summed E-state index contributed by atoms with van der Waals surface area (Å²) >= 11 is 9.44. The van der Waals surface area contributed by atoms with E-state index in [0.29, 0.717) is 32.8 Å². The molecule has 3 nitrogen and oxygen atoms in total. The molecule has 0 aliphatic carbocycles. The molecule has 0 fully saturated rings. The summed E-state index contributed by atoms with van der Waals surface area (Å²) in [7, 11) is 0. The first-order valence-electron chi connectivity index (χ1n) is 7.26. The van der Waals surface area contributed by atoms with Crippen LogP contribution in [0.4, 0.5) is 0 Å². The van der Waals surface area contributed by atoms with Crippen molar-refractivity contribution >= 4 is 33.3 Å². The first-order valence-corrected chi connectivity index (χ1v) is 8.43. The summed E-state index contributed by atoms with van der Waals surface area (Å²) in [5.41, 5.74) is 7.79. The van der Waals surface area contributed by atoms with Crippen LogP contribution < -0.4 is 10.5 Å². The maximum atomic E-state index is 12.7. The Kier molecular flexibility index (Phi) is 4.74.